The second kappa shape index (κ2) is 6.95. The maximum Gasteiger partial charge on any atom is 0.329 e. The summed E-state index contributed by atoms with van der Waals surface area (Å²) in [5, 5.41) is 8.94. The Kier molecular flexibility index (Phi) is 5.44. The molecule has 1 aromatic carbocycles. The van der Waals surface area contributed by atoms with Crippen LogP contribution in [0.4, 0.5) is 0 Å². The summed E-state index contributed by atoms with van der Waals surface area (Å²) < 4.78 is 32.0. The molecule has 6 nitrogen and oxygen atoms in total. The van der Waals surface area contributed by atoms with Gasteiger partial charge in [-0.1, -0.05) is 17.7 Å². The second-order valence-corrected chi connectivity index (χ2v) is 7.42. The van der Waals surface area contributed by atoms with Crippen LogP contribution in [-0.4, -0.2) is 49.6 Å². The van der Waals surface area contributed by atoms with Gasteiger partial charge >= 0.3 is 5.97 Å². The molecule has 1 fully saturated rings. The number of benzene rings is 1. The lowest BCUT2D eigenvalue weighted by molar-refractivity contribution is -0.142. The zero-order valence-corrected chi connectivity index (χ0v) is 13.7. The summed E-state index contributed by atoms with van der Waals surface area (Å²) in [5.74, 6) is -1.08. The van der Waals surface area contributed by atoms with Crippen LogP contribution in [0, 0.1) is 6.92 Å². The normalized spacial score (nSPS) is 15.2. The molecule has 0 atom stereocenters. The van der Waals surface area contributed by atoms with Crippen molar-refractivity contribution in [1.82, 2.24) is 4.31 Å². The quantitative estimate of drug-likeness (QED) is 0.726. The van der Waals surface area contributed by atoms with Crippen LogP contribution in [0.3, 0.4) is 0 Å². The fraction of sp³-hybridized carbons (Fsp3) is 0.500. The van der Waals surface area contributed by atoms with E-state index in [4.69, 9.17) is 21.4 Å². The maximum atomic E-state index is 12.8. The first-order valence-electron chi connectivity index (χ1n) is 6.90. The second-order valence-electron chi connectivity index (χ2n) is 5.16. The number of aliphatic carboxylic acids is 1. The van der Waals surface area contributed by atoms with Crippen LogP contribution in [0.5, 0.6) is 0 Å². The van der Waals surface area contributed by atoms with E-state index in [2.05, 4.69) is 0 Å². The number of nitrogens with zero attached hydrogens (tertiary/aromatic N) is 1. The van der Waals surface area contributed by atoms with Crippen molar-refractivity contribution in [1.29, 1.82) is 0 Å². The highest BCUT2D eigenvalue weighted by atomic mass is 35.5. The molecule has 0 amide bonds. The van der Waals surface area contributed by atoms with E-state index in [1.165, 1.54) is 10.4 Å². The number of carboxylic acid groups (broad SMARTS) is 1. The summed E-state index contributed by atoms with van der Waals surface area (Å²) in [6, 6.07) is 4.74. The van der Waals surface area contributed by atoms with Crippen LogP contribution in [-0.2, 0) is 19.6 Å². The lowest BCUT2D eigenvalue weighted by atomic mass is 10.2. The van der Waals surface area contributed by atoms with Gasteiger partial charge in [0.25, 0.3) is 0 Å². The van der Waals surface area contributed by atoms with Crippen molar-refractivity contribution in [2.45, 2.75) is 30.7 Å². The minimum Gasteiger partial charge on any atom is -0.480 e. The third kappa shape index (κ3) is 3.98. The first kappa shape index (κ1) is 17.2. The van der Waals surface area contributed by atoms with Crippen molar-refractivity contribution in [3.8, 4) is 0 Å². The van der Waals surface area contributed by atoms with Gasteiger partial charge in [0.2, 0.25) is 10.0 Å². The van der Waals surface area contributed by atoms with Crippen molar-refractivity contribution in [3.63, 3.8) is 0 Å². The third-order valence-electron chi connectivity index (χ3n) is 3.44. The van der Waals surface area contributed by atoms with Gasteiger partial charge in [0.05, 0.1) is 11.5 Å². The molecule has 0 bridgehead atoms. The number of hydrogen-bond donors (Lipinski definition) is 1. The molecule has 122 valence electrons. The number of carbonyl (C=O) groups is 1. The van der Waals surface area contributed by atoms with E-state index >= 15 is 0 Å². The van der Waals surface area contributed by atoms with E-state index in [0.29, 0.717) is 10.6 Å². The van der Waals surface area contributed by atoms with Gasteiger partial charge in [-0.2, -0.15) is 4.31 Å². The number of hydrogen-bond acceptors (Lipinski definition) is 4. The molecule has 22 heavy (non-hydrogen) atoms. The Labute approximate surface area is 134 Å². The Hall–Kier alpha value is -1.15. The number of carboxylic acids is 1. The minimum atomic E-state index is -3.67. The zero-order valence-electron chi connectivity index (χ0n) is 12.2. The molecule has 0 heterocycles. The molecule has 1 aromatic rings. The van der Waals surface area contributed by atoms with E-state index in [1.807, 2.05) is 0 Å². The summed E-state index contributed by atoms with van der Waals surface area (Å²) >= 11 is 6.01. The van der Waals surface area contributed by atoms with Gasteiger partial charge in [0.15, 0.2) is 0 Å². The lowest BCUT2D eigenvalue weighted by Gasteiger charge is -2.23. The summed E-state index contributed by atoms with van der Waals surface area (Å²) in [4.78, 5) is 10.6. The molecule has 1 saturated carbocycles. The Morgan fingerprint density at radius 3 is 2.73 bits per heavy atom. The average molecular weight is 348 g/mol. The van der Waals surface area contributed by atoms with Crippen molar-refractivity contribution < 1.29 is 23.1 Å². The Morgan fingerprint density at radius 1 is 1.45 bits per heavy atom. The molecule has 0 aliphatic heterocycles. The highest BCUT2D eigenvalue weighted by Crippen LogP contribution is 2.33. The van der Waals surface area contributed by atoms with E-state index < -0.39 is 22.6 Å². The monoisotopic (exact) mass is 347 g/mol. The number of sulfonamides is 1. The van der Waals surface area contributed by atoms with Crippen molar-refractivity contribution in [2.24, 2.45) is 0 Å². The van der Waals surface area contributed by atoms with E-state index in [9.17, 15) is 13.2 Å². The molecule has 0 unspecified atom stereocenters. The van der Waals surface area contributed by atoms with Gasteiger partial charge in [0, 0.05) is 17.6 Å². The Bertz CT molecular complexity index is 657. The molecular weight excluding hydrogens is 330 g/mol. The molecule has 1 aliphatic rings. The maximum absolute atomic E-state index is 12.8. The smallest absolute Gasteiger partial charge is 0.329 e. The van der Waals surface area contributed by atoms with Crippen LogP contribution in [0.1, 0.15) is 18.4 Å². The number of ether oxygens (including phenoxy) is 1. The van der Waals surface area contributed by atoms with Gasteiger partial charge in [-0.25, -0.2) is 13.2 Å². The van der Waals surface area contributed by atoms with Crippen LogP contribution in [0.2, 0.25) is 5.02 Å². The number of rotatable bonds is 8. The standard InChI is InChI=1S/C14H18ClNO5S/c1-10-12(15)3-2-4-13(10)22(19,20)16(11-5-6-11)7-8-21-9-14(17)18/h2-4,11H,5-9H2,1H3,(H,17,18). The molecule has 1 N–H and O–H groups in total. The first-order chi connectivity index (χ1) is 10.3. The Balaban J connectivity index is 2.16. The highest BCUT2D eigenvalue weighted by Gasteiger charge is 2.38. The van der Waals surface area contributed by atoms with E-state index in [1.54, 1.807) is 19.1 Å². The fourth-order valence-corrected chi connectivity index (χ4v) is 4.32. The molecular formula is C14H18ClNO5S. The molecule has 0 saturated heterocycles. The zero-order chi connectivity index (χ0) is 16.3. The fourth-order valence-electron chi connectivity index (χ4n) is 2.17. The van der Waals surface area contributed by atoms with Gasteiger partial charge in [-0.3, -0.25) is 0 Å². The van der Waals surface area contributed by atoms with Gasteiger partial charge < -0.3 is 9.84 Å². The largest absolute Gasteiger partial charge is 0.480 e. The summed E-state index contributed by atoms with van der Waals surface area (Å²) in [6.07, 6.45) is 1.61. The van der Waals surface area contributed by atoms with Crippen molar-refractivity contribution in [2.75, 3.05) is 19.8 Å². The summed E-state index contributed by atoms with van der Waals surface area (Å²) in [5.41, 5.74) is 0.515. The molecule has 0 spiro atoms. The summed E-state index contributed by atoms with van der Waals surface area (Å²) in [6.45, 7) is 1.41. The van der Waals surface area contributed by atoms with Gasteiger partial charge in [0.1, 0.15) is 6.61 Å². The molecule has 0 aromatic heterocycles. The van der Waals surface area contributed by atoms with Crippen molar-refractivity contribution in [3.05, 3.63) is 28.8 Å². The third-order valence-corrected chi connectivity index (χ3v) is 5.95. The topological polar surface area (TPSA) is 83.9 Å². The van der Waals surface area contributed by atoms with Crippen LogP contribution < -0.4 is 0 Å². The molecule has 8 heteroatoms. The predicted octanol–water partition coefficient (Wildman–Crippen LogP) is 1.90. The minimum absolute atomic E-state index is 0.0433. The van der Waals surface area contributed by atoms with Crippen LogP contribution in [0.25, 0.3) is 0 Å². The van der Waals surface area contributed by atoms with E-state index in [0.717, 1.165) is 12.8 Å². The lowest BCUT2D eigenvalue weighted by Crippen LogP contribution is -2.36. The average Bonchev–Trinajstić information content (AvgIpc) is 3.25. The Morgan fingerprint density at radius 2 is 2.14 bits per heavy atom. The van der Waals surface area contributed by atoms with Gasteiger partial charge in [-0.05, 0) is 37.5 Å². The number of halogens is 1. The molecule has 1 aliphatic carbocycles. The predicted molar refractivity (Wildman–Crippen MR) is 81.6 cm³/mol. The van der Waals surface area contributed by atoms with Crippen molar-refractivity contribution >= 4 is 27.6 Å². The molecule has 2 rings (SSSR count). The van der Waals surface area contributed by atoms with Crippen LogP contribution in [0.15, 0.2) is 23.1 Å². The van der Waals surface area contributed by atoms with Gasteiger partial charge in [-0.15, -0.1) is 0 Å². The highest BCUT2D eigenvalue weighted by molar-refractivity contribution is 7.89. The first-order valence-corrected chi connectivity index (χ1v) is 8.72. The SMILES string of the molecule is Cc1c(Cl)cccc1S(=O)(=O)N(CCOCC(=O)O)C1CC1. The van der Waals surface area contributed by atoms with E-state index in [-0.39, 0.29) is 24.1 Å². The van der Waals surface area contributed by atoms with Crippen LogP contribution >= 0.6 is 11.6 Å². The summed E-state index contributed by atoms with van der Waals surface area (Å²) in [7, 11) is -3.67. The molecule has 0 radical (unpaired) electrons.